The van der Waals surface area contributed by atoms with E-state index < -0.39 is 17.9 Å². The molecule has 7 heteroatoms. The Morgan fingerprint density at radius 3 is 3.05 bits per heavy atom. The molecule has 1 aromatic carbocycles. The van der Waals surface area contributed by atoms with E-state index in [4.69, 9.17) is 16.3 Å². The number of esters is 1. The van der Waals surface area contributed by atoms with Crippen LogP contribution in [0.1, 0.15) is 28.9 Å². The number of hydrogen-bond donors (Lipinski definition) is 1. The summed E-state index contributed by atoms with van der Waals surface area (Å²) in [5, 5.41) is 3.54. The quantitative estimate of drug-likeness (QED) is 0.850. The highest BCUT2D eigenvalue weighted by Gasteiger charge is 2.27. The Labute approximate surface area is 135 Å². The number of halogens is 2. The summed E-state index contributed by atoms with van der Waals surface area (Å²) in [6, 6.07) is 4.13. The molecule has 2 heterocycles. The molecule has 22 heavy (non-hydrogen) atoms. The lowest BCUT2D eigenvalue weighted by Crippen LogP contribution is -2.35. The maximum atomic E-state index is 13.2. The molecule has 0 spiro atoms. The van der Waals surface area contributed by atoms with Crippen molar-refractivity contribution >= 4 is 44.9 Å². The molecule has 1 saturated heterocycles. The van der Waals surface area contributed by atoms with Crippen LogP contribution in [0.4, 0.5) is 4.39 Å². The van der Waals surface area contributed by atoms with Gasteiger partial charge in [0.15, 0.2) is 6.10 Å². The molecule has 0 saturated carbocycles. The van der Waals surface area contributed by atoms with Crippen molar-refractivity contribution in [2.24, 2.45) is 0 Å². The number of amides is 1. The molecule has 0 radical (unpaired) electrons. The van der Waals surface area contributed by atoms with Gasteiger partial charge in [-0.2, -0.15) is 0 Å². The Morgan fingerprint density at radius 1 is 1.41 bits per heavy atom. The fraction of sp³-hybridized carbons (Fsp3) is 0.333. The first-order valence-electron chi connectivity index (χ1n) is 6.92. The van der Waals surface area contributed by atoms with Crippen LogP contribution in [0.3, 0.4) is 0 Å². The number of thiophene rings is 1. The monoisotopic (exact) mass is 341 g/mol. The van der Waals surface area contributed by atoms with Crippen molar-refractivity contribution in [1.82, 2.24) is 5.32 Å². The third-order valence-corrected chi connectivity index (χ3v) is 5.15. The fourth-order valence-corrected chi connectivity index (χ4v) is 3.79. The van der Waals surface area contributed by atoms with Crippen LogP contribution in [0.25, 0.3) is 10.1 Å². The highest BCUT2D eigenvalue weighted by atomic mass is 35.5. The lowest BCUT2D eigenvalue weighted by Gasteiger charge is -2.13. The summed E-state index contributed by atoms with van der Waals surface area (Å²) in [5.74, 6) is -1.32. The first kappa shape index (κ1) is 15.2. The number of rotatable bonds is 2. The van der Waals surface area contributed by atoms with E-state index in [1.54, 1.807) is 0 Å². The summed E-state index contributed by atoms with van der Waals surface area (Å²) < 4.78 is 19.1. The minimum absolute atomic E-state index is 0.194. The van der Waals surface area contributed by atoms with Gasteiger partial charge in [0, 0.05) is 16.6 Å². The highest BCUT2D eigenvalue weighted by Crippen LogP contribution is 2.36. The zero-order valence-electron chi connectivity index (χ0n) is 11.5. The smallest absolute Gasteiger partial charge is 0.350 e. The summed E-state index contributed by atoms with van der Waals surface area (Å²) in [6.07, 6.45) is 1.37. The lowest BCUT2D eigenvalue weighted by molar-refractivity contribution is -0.129. The van der Waals surface area contributed by atoms with Gasteiger partial charge in [-0.3, -0.25) is 4.79 Å². The number of ether oxygens (including phenoxy) is 1. The molecule has 2 aromatic rings. The molecule has 1 amide bonds. The summed E-state index contributed by atoms with van der Waals surface area (Å²) in [4.78, 5) is 24.3. The third kappa shape index (κ3) is 2.94. The standard InChI is InChI=1S/C15H13ClFNO3S/c16-12-9-5-4-8(17)7-11(9)22-13(12)15(20)21-10-3-1-2-6-18-14(10)19/h4-5,7,10H,1-3,6H2,(H,18,19). The molecule has 1 unspecified atom stereocenters. The zero-order chi connectivity index (χ0) is 15.7. The van der Waals surface area contributed by atoms with E-state index in [1.165, 1.54) is 18.2 Å². The third-order valence-electron chi connectivity index (χ3n) is 3.51. The van der Waals surface area contributed by atoms with Crippen LogP contribution < -0.4 is 5.32 Å². The molecule has 3 rings (SSSR count). The molecule has 1 N–H and O–H groups in total. The van der Waals surface area contributed by atoms with Crippen molar-refractivity contribution in [1.29, 1.82) is 0 Å². The predicted molar refractivity (Wildman–Crippen MR) is 82.9 cm³/mol. The van der Waals surface area contributed by atoms with E-state index in [1.807, 2.05) is 0 Å². The van der Waals surface area contributed by atoms with Crippen LogP contribution in [0, 0.1) is 5.82 Å². The van der Waals surface area contributed by atoms with E-state index in [2.05, 4.69) is 5.32 Å². The van der Waals surface area contributed by atoms with Gasteiger partial charge in [0.2, 0.25) is 0 Å². The van der Waals surface area contributed by atoms with E-state index in [0.717, 1.165) is 24.2 Å². The normalized spacial score (nSPS) is 18.8. The number of nitrogens with one attached hydrogen (secondary N) is 1. The summed E-state index contributed by atoms with van der Waals surface area (Å²) in [7, 11) is 0. The second-order valence-electron chi connectivity index (χ2n) is 5.07. The van der Waals surface area contributed by atoms with Crippen LogP contribution in [0.15, 0.2) is 18.2 Å². The van der Waals surface area contributed by atoms with Gasteiger partial charge < -0.3 is 10.1 Å². The average molecular weight is 342 g/mol. The topological polar surface area (TPSA) is 55.4 Å². The number of carbonyl (C=O) groups is 2. The average Bonchev–Trinajstić information content (AvgIpc) is 2.67. The summed E-state index contributed by atoms with van der Waals surface area (Å²) >= 11 is 7.24. The van der Waals surface area contributed by atoms with Crippen molar-refractivity contribution in [3.63, 3.8) is 0 Å². The first-order valence-corrected chi connectivity index (χ1v) is 8.12. The van der Waals surface area contributed by atoms with Crippen LogP contribution >= 0.6 is 22.9 Å². The summed E-state index contributed by atoms with van der Waals surface area (Å²) in [5.41, 5.74) is 0. The van der Waals surface area contributed by atoms with Crippen LogP contribution in [-0.4, -0.2) is 24.5 Å². The van der Waals surface area contributed by atoms with Gasteiger partial charge >= 0.3 is 5.97 Å². The molecule has 0 bridgehead atoms. The Morgan fingerprint density at radius 2 is 2.23 bits per heavy atom. The van der Waals surface area contributed by atoms with Gasteiger partial charge in [0.05, 0.1) is 5.02 Å². The van der Waals surface area contributed by atoms with Crippen LogP contribution in [0.2, 0.25) is 5.02 Å². The second-order valence-corrected chi connectivity index (χ2v) is 6.50. The van der Waals surface area contributed by atoms with Gasteiger partial charge in [0.25, 0.3) is 5.91 Å². The van der Waals surface area contributed by atoms with Gasteiger partial charge in [-0.1, -0.05) is 11.6 Å². The van der Waals surface area contributed by atoms with Crippen molar-refractivity contribution in [2.45, 2.75) is 25.4 Å². The Kier molecular flexibility index (Phi) is 4.31. The number of carbonyl (C=O) groups excluding carboxylic acids is 2. The SMILES string of the molecule is O=C(OC1CCCCNC1=O)c1sc2cc(F)ccc2c1Cl. The minimum Gasteiger partial charge on any atom is -0.448 e. The number of benzene rings is 1. The molecule has 1 atom stereocenters. The predicted octanol–water partition coefficient (Wildman–Crippen LogP) is 3.52. The van der Waals surface area contributed by atoms with Gasteiger partial charge in [-0.25, -0.2) is 9.18 Å². The Balaban J connectivity index is 1.85. The van der Waals surface area contributed by atoms with Gasteiger partial charge in [0.1, 0.15) is 10.7 Å². The Bertz CT molecular complexity index is 746. The van der Waals surface area contributed by atoms with E-state index in [0.29, 0.717) is 23.1 Å². The van der Waals surface area contributed by atoms with Crippen molar-refractivity contribution in [3.8, 4) is 0 Å². The molecule has 1 aliphatic heterocycles. The molecular weight excluding hydrogens is 329 g/mol. The van der Waals surface area contributed by atoms with Gasteiger partial charge in [-0.05, 0) is 37.5 Å². The highest BCUT2D eigenvalue weighted by molar-refractivity contribution is 7.21. The molecule has 1 aromatic heterocycles. The minimum atomic E-state index is -0.798. The van der Waals surface area contributed by atoms with Crippen LogP contribution in [-0.2, 0) is 9.53 Å². The van der Waals surface area contributed by atoms with E-state index >= 15 is 0 Å². The van der Waals surface area contributed by atoms with Crippen molar-refractivity contribution < 1.29 is 18.7 Å². The number of hydrogen-bond acceptors (Lipinski definition) is 4. The second kappa shape index (κ2) is 6.22. The summed E-state index contributed by atoms with van der Waals surface area (Å²) in [6.45, 7) is 0.593. The molecule has 0 aliphatic carbocycles. The lowest BCUT2D eigenvalue weighted by atomic mass is 10.2. The maximum Gasteiger partial charge on any atom is 0.350 e. The molecule has 4 nitrogen and oxygen atoms in total. The largest absolute Gasteiger partial charge is 0.448 e. The molecule has 116 valence electrons. The van der Waals surface area contributed by atoms with Gasteiger partial charge in [-0.15, -0.1) is 11.3 Å². The molecule has 1 aliphatic rings. The van der Waals surface area contributed by atoms with E-state index in [-0.39, 0.29) is 15.8 Å². The van der Waals surface area contributed by atoms with Crippen molar-refractivity contribution in [3.05, 3.63) is 33.9 Å². The maximum absolute atomic E-state index is 13.2. The fourth-order valence-electron chi connectivity index (χ4n) is 2.38. The Hall–Kier alpha value is -1.66. The molecule has 1 fully saturated rings. The first-order chi connectivity index (χ1) is 10.6. The molecular formula is C15H13ClFNO3S. The van der Waals surface area contributed by atoms with E-state index in [9.17, 15) is 14.0 Å². The zero-order valence-corrected chi connectivity index (χ0v) is 13.1. The van der Waals surface area contributed by atoms with Crippen molar-refractivity contribution in [2.75, 3.05) is 6.54 Å². The van der Waals surface area contributed by atoms with Crippen LogP contribution in [0.5, 0.6) is 0 Å². The number of fused-ring (bicyclic) bond motifs is 1.